The molecular weight excluding hydrogens is 146 g/mol. The molecule has 0 spiro atoms. The molecule has 0 fully saturated rings. The zero-order valence-electron chi connectivity index (χ0n) is 6.87. The van der Waals surface area contributed by atoms with Crippen LogP contribution in [0.2, 0.25) is 0 Å². The highest BCUT2D eigenvalue weighted by Crippen LogP contribution is 1.93. The third-order valence-corrected chi connectivity index (χ3v) is 1.25. The first-order chi connectivity index (χ1) is 5.07. The summed E-state index contributed by atoms with van der Waals surface area (Å²) in [5.41, 5.74) is 0. The Labute approximate surface area is 66.2 Å². The molecule has 0 saturated heterocycles. The van der Waals surface area contributed by atoms with Gasteiger partial charge in [0, 0.05) is 12.6 Å². The van der Waals surface area contributed by atoms with Crippen LogP contribution in [0, 0.1) is 0 Å². The van der Waals surface area contributed by atoms with Crippen molar-refractivity contribution < 1.29 is 15.0 Å². The number of hydrogen-bond donors (Lipinski definition) is 3. The smallest absolute Gasteiger partial charge is 0.320 e. The molecule has 0 rings (SSSR count). The first-order valence-corrected chi connectivity index (χ1v) is 3.67. The van der Waals surface area contributed by atoms with Crippen LogP contribution in [0.1, 0.15) is 20.3 Å². The number of rotatable bonds is 5. The lowest BCUT2D eigenvalue weighted by atomic mass is 10.2. The standard InChI is InChI=1S/C7H15NO3/c1-5(2)8-6(3-4-9)7(10)11/h5-6,8-9H,3-4H2,1-2H3,(H,10,11)/t6-/m0/s1. The lowest BCUT2D eigenvalue weighted by Crippen LogP contribution is -2.41. The fraction of sp³-hybridized carbons (Fsp3) is 0.857. The maximum atomic E-state index is 10.5. The molecular formula is C7H15NO3. The molecule has 0 aliphatic heterocycles. The van der Waals surface area contributed by atoms with Crippen molar-refractivity contribution in [3.8, 4) is 0 Å². The summed E-state index contributed by atoms with van der Waals surface area (Å²) in [7, 11) is 0. The van der Waals surface area contributed by atoms with E-state index in [0.29, 0.717) is 0 Å². The topological polar surface area (TPSA) is 69.6 Å². The summed E-state index contributed by atoms with van der Waals surface area (Å²) in [6, 6.07) is -0.498. The van der Waals surface area contributed by atoms with Gasteiger partial charge in [0.25, 0.3) is 0 Å². The van der Waals surface area contributed by atoms with E-state index >= 15 is 0 Å². The third kappa shape index (κ3) is 4.75. The molecule has 0 heterocycles. The molecule has 0 amide bonds. The molecule has 0 unspecified atom stereocenters. The van der Waals surface area contributed by atoms with Gasteiger partial charge in [-0.3, -0.25) is 4.79 Å². The van der Waals surface area contributed by atoms with E-state index < -0.39 is 12.0 Å². The average molecular weight is 161 g/mol. The average Bonchev–Trinajstić information content (AvgIpc) is 1.86. The molecule has 4 heteroatoms. The van der Waals surface area contributed by atoms with Crippen LogP contribution in [-0.4, -0.2) is 34.9 Å². The van der Waals surface area contributed by atoms with E-state index in [1.807, 2.05) is 13.8 Å². The summed E-state index contributed by atoms with van der Waals surface area (Å²) < 4.78 is 0. The third-order valence-electron chi connectivity index (χ3n) is 1.25. The molecule has 0 aliphatic carbocycles. The van der Waals surface area contributed by atoms with Crippen LogP contribution in [0.3, 0.4) is 0 Å². The fourth-order valence-electron chi connectivity index (χ4n) is 0.810. The molecule has 66 valence electrons. The molecule has 4 nitrogen and oxygen atoms in total. The van der Waals surface area contributed by atoms with Gasteiger partial charge in [-0.1, -0.05) is 13.8 Å². The van der Waals surface area contributed by atoms with Crippen LogP contribution in [0.4, 0.5) is 0 Å². The number of nitrogens with one attached hydrogen (secondary N) is 1. The van der Waals surface area contributed by atoms with Crippen molar-refractivity contribution in [1.82, 2.24) is 5.32 Å². The van der Waals surface area contributed by atoms with E-state index in [2.05, 4.69) is 5.32 Å². The molecule has 11 heavy (non-hydrogen) atoms. The lowest BCUT2D eigenvalue weighted by Gasteiger charge is -2.15. The Bertz CT molecular complexity index is 125. The Morgan fingerprint density at radius 2 is 2.09 bits per heavy atom. The van der Waals surface area contributed by atoms with Crippen molar-refractivity contribution >= 4 is 5.97 Å². The summed E-state index contributed by atoms with van der Waals surface area (Å²) in [5.74, 6) is -0.909. The van der Waals surface area contributed by atoms with Crippen molar-refractivity contribution in [1.29, 1.82) is 0 Å². The van der Waals surface area contributed by atoms with Gasteiger partial charge in [0.2, 0.25) is 0 Å². The largest absolute Gasteiger partial charge is 0.480 e. The number of carbonyl (C=O) groups is 1. The summed E-state index contributed by atoms with van der Waals surface area (Å²) in [4.78, 5) is 10.5. The molecule has 0 saturated carbocycles. The Kier molecular flexibility index (Phi) is 4.81. The van der Waals surface area contributed by atoms with Crippen LogP contribution < -0.4 is 5.32 Å². The molecule has 0 aromatic carbocycles. The summed E-state index contributed by atoms with van der Waals surface area (Å²) >= 11 is 0. The quantitative estimate of drug-likeness (QED) is 0.523. The van der Waals surface area contributed by atoms with Crippen molar-refractivity contribution in [2.24, 2.45) is 0 Å². The van der Waals surface area contributed by atoms with Gasteiger partial charge < -0.3 is 15.5 Å². The SMILES string of the molecule is CC(C)N[C@@H](CCO)C(=O)O. The van der Waals surface area contributed by atoms with Gasteiger partial charge >= 0.3 is 5.97 Å². The predicted molar refractivity (Wildman–Crippen MR) is 41.4 cm³/mol. The molecule has 3 N–H and O–H groups in total. The highest BCUT2D eigenvalue weighted by atomic mass is 16.4. The second-order valence-electron chi connectivity index (χ2n) is 2.72. The van der Waals surface area contributed by atoms with Crippen LogP contribution in [0.5, 0.6) is 0 Å². The Morgan fingerprint density at radius 1 is 1.55 bits per heavy atom. The highest BCUT2D eigenvalue weighted by molar-refractivity contribution is 5.73. The Balaban J connectivity index is 3.79. The normalized spacial score (nSPS) is 13.5. The van der Waals surface area contributed by atoms with E-state index in [1.165, 1.54) is 0 Å². The number of aliphatic hydroxyl groups is 1. The minimum absolute atomic E-state index is 0.101. The van der Waals surface area contributed by atoms with Gasteiger partial charge in [-0.2, -0.15) is 0 Å². The zero-order valence-corrected chi connectivity index (χ0v) is 6.87. The Hall–Kier alpha value is -0.610. The number of hydrogen-bond acceptors (Lipinski definition) is 3. The van der Waals surface area contributed by atoms with Gasteiger partial charge in [0.05, 0.1) is 0 Å². The van der Waals surface area contributed by atoms with E-state index in [4.69, 9.17) is 10.2 Å². The summed E-state index contributed by atoms with van der Waals surface area (Å²) in [6.45, 7) is 3.64. The van der Waals surface area contributed by atoms with Crippen molar-refractivity contribution in [3.63, 3.8) is 0 Å². The molecule has 0 aromatic heterocycles. The second-order valence-corrected chi connectivity index (χ2v) is 2.72. The zero-order chi connectivity index (χ0) is 8.85. The predicted octanol–water partition coefficient (Wildman–Crippen LogP) is -0.180. The van der Waals surface area contributed by atoms with Crippen molar-refractivity contribution in [3.05, 3.63) is 0 Å². The summed E-state index contributed by atoms with van der Waals surface area (Å²) in [5, 5.41) is 19.9. The monoisotopic (exact) mass is 161 g/mol. The van der Waals surface area contributed by atoms with Gasteiger partial charge in [-0.05, 0) is 6.42 Å². The molecule has 0 radical (unpaired) electrons. The van der Waals surface area contributed by atoms with E-state index in [1.54, 1.807) is 0 Å². The molecule has 0 aromatic rings. The van der Waals surface area contributed by atoms with E-state index in [-0.39, 0.29) is 19.1 Å². The van der Waals surface area contributed by atoms with Gasteiger partial charge in [-0.15, -0.1) is 0 Å². The van der Waals surface area contributed by atoms with Crippen molar-refractivity contribution in [2.75, 3.05) is 6.61 Å². The first kappa shape index (κ1) is 10.4. The number of carboxylic acid groups (broad SMARTS) is 1. The minimum atomic E-state index is -0.909. The van der Waals surface area contributed by atoms with Gasteiger partial charge in [0.1, 0.15) is 6.04 Å². The molecule has 0 aliphatic rings. The van der Waals surface area contributed by atoms with Crippen LogP contribution in [0.15, 0.2) is 0 Å². The van der Waals surface area contributed by atoms with Crippen LogP contribution in [0.25, 0.3) is 0 Å². The highest BCUT2D eigenvalue weighted by Gasteiger charge is 2.16. The number of aliphatic hydroxyl groups excluding tert-OH is 1. The van der Waals surface area contributed by atoms with Crippen LogP contribution >= 0.6 is 0 Å². The number of carboxylic acids is 1. The number of aliphatic carboxylic acids is 1. The maximum absolute atomic E-state index is 10.5. The van der Waals surface area contributed by atoms with Gasteiger partial charge in [0.15, 0.2) is 0 Å². The molecule has 0 bridgehead atoms. The summed E-state index contributed by atoms with van der Waals surface area (Å²) in [6.07, 6.45) is 0.257. The van der Waals surface area contributed by atoms with E-state index in [9.17, 15) is 4.79 Å². The van der Waals surface area contributed by atoms with Gasteiger partial charge in [-0.25, -0.2) is 0 Å². The van der Waals surface area contributed by atoms with E-state index in [0.717, 1.165) is 0 Å². The molecule has 1 atom stereocenters. The first-order valence-electron chi connectivity index (χ1n) is 3.67. The lowest BCUT2D eigenvalue weighted by molar-refractivity contribution is -0.140. The fourth-order valence-corrected chi connectivity index (χ4v) is 0.810. The second kappa shape index (κ2) is 5.09. The van der Waals surface area contributed by atoms with Crippen LogP contribution in [-0.2, 0) is 4.79 Å². The minimum Gasteiger partial charge on any atom is -0.480 e. The van der Waals surface area contributed by atoms with Crippen molar-refractivity contribution in [2.45, 2.75) is 32.4 Å². The maximum Gasteiger partial charge on any atom is 0.320 e. The Morgan fingerprint density at radius 3 is 2.36 bits per heavy atom.